The number of halogens is 1. The van der Waals surface area contributed by atoms with E-state index in [1.165, 1.54) is 12.1 Å². The van der Waals surface area contributed by atoms with Crippen molar-refractivity contribution >= 4 is 38.4 Å². The molecule has 1 N–H and O–H groups in total. The Kier molecular flexibility index (Phi) is 5.29. The molecule has 1 fully saturated rings. The minimum atomic E-state index is -0.324. The molecule has 146 valence electrons. The Balaban J connectivity index is 1.40. The van der Waals surface area contributed by atoms with Crippen molar-refractivity contribution in [3.8, 4) is 5.75 Å². The number of nitrogens with one attached hydrogen (secondary N) is 1. The summed E-state index contributed by atoms with van der Waals surface area (Å²) in [5, 5.41) is 3.75. The number of para-hydroxylation sites is 1. The van der Waals surface area contributed by atoms with Gasteiger partial charge in [-0.25, -0.2) is 14.2 Å². The van der Waals surface area contributed by atoms with E-state index in [0.717, 1.165) is 21.1 Å². The quantitative estimate of drug-likeness (QED) is 0.714. The van der Waals surface area contributed by atoms with Crippen LogP contribution < -0.4 is 15.0 Å². The summed E-state index contributed by atoms with van der Waals surface area (Å²) in [4.78, 5) is 21.2. The van der Waals surface area contributed by atoms with Gasteiger partial charge in [0.15, 0.2) is 5.13 Å². The molecule has 8 heteroatoms. The maximum atomic E-state index is 13.0. The first-order valence-electron chi connectivity index (χ1n) is 9.23. The molecular formula is C20H21FN4O2S. The number of piperazine rings is 1. The summed E-state index contributed by atoms with van der Waals surface area (Å²) in [6, 6.07) is 11.6. The molecule has 0 radical (unpaired) electrons. The SMILES string of the molecule is CCOc1cccc2sc(N3CCN(C(=O)Nc4ccc(F)cc4)CC3)nc12. The molecule has 1 aromatic heterocycles. The van der Waals surface area contributed by atoms with E-state index in [0.29, 0.717) is 38.5 Å². The molecular weight excluding hydrogens is 379 g/mol. The van der Waals surface area contributed by atoms with Crippen LogP contribution in [0, 0.1) is 5.82 Å². The fourth-order valence-corrected chi connectivity index (χ4v) is 4.19. The van der Waals surface area contributed by atoms with Gasteiger partial charge in [0.25, 0.3) is 0 Å². The van der Waals surface area contributed by atoms with E-state index in [4.69, 9.17) is 9.72 Å². The van der Waals surface area contributed by atoms with E-state index in [1.807, 2.05) is 25.1 Å². The molecule has 2 aromatic carbocycles. The van der Waals surface area contributed by atoms with Crippen LogP contribution in [0.15, 0.2) is 42.5 Å². The van der Waals surface area contributed by atoms with Crippen molar-refractivity contribution in [3.05, 3.63) is 48.3 Å². The van der Waals surface area contributed by atoms with E-state index in [2.05, 4.69) is 10.2 Å². The zero-order valence-corrected chi connectivity index (χ0v) is 16.3. The van der Waals surface area contributed by atoms with E-state index >= 15 is 0 Å². The van der Waals surface area contributed by atoms with Gasteiger partial charge in [-0.1, -0.05) is 17.4 Å². The monoisotopic (exact) mass is 400 g/mol. The van der Waals surface area contributed by atoms with Gasteiger partial charge in [-0.2, -0.15) is 0 Å². The topological polar surface area (TPSA) is 57.7 Å². The van der Waals surface area contributed by atoms with E-state index in [9.17, 15) is 9.18 Å². The number of carbonyl (C=O) groups excluding carboxylic acids is 1. The number of nitrogens with zero attached hydrogens (tertiary/aromatic N) is 3. The number of anilines is 2. The van der Waals surface area contributed by atoms with Crippen LogP contribution in [0.3, 0.4) is 0 Å². The number of rotatable bonds is 4. The number of hydrogen-bond donors (Lipinski definition) is 1. The van der Waals surface area contributed by atoms with Crippen LogP contribution in [-0.2, 0) is 0 Å². The highest BCUT2D eigenvalue weighted by molar-refractivity contribution is 7.22. The number of hydrogen-bond acceptors (Lipinski definition) is 5. The van der Waals surface area contributed by atoms with E-state index in [-0.39, 0.29) is 11.8 Å². The smallest absolute Gasteiger partial charge is 0.321 e. The second-order valence-electron chi connectivity index (χ2n) is 6.44. The lowest BCUT2D eigenvalue weighted by Crippen LogP contribution is -2.50. The van der Waals surface area contributed by atoms with Gasteiger partial charge >= 0.3 is 6.03 Å². The summed E-state index contributed by atoms with van der Waals surface area (Å²) in [7, 11) is 0. The van der Waals surface area contributed by atoms with Crippen LogP contribution in [0.5, 0.6) is 5.75 Å². The van der Waals surface area contributed by atoms with Gasteiger partial charge < -0.3 is 19.9 Å². The van der Waals surface area contributed by atoms with Crippen molar-refractivity contribution in [3.63, 3.8) is 0 Å². The van der Waals surface area contributed by atoms with Gasteiger partial charge in [-0.15, -0.1) is 0 Å². The summed E-state index contributed by atoms with van der Waals surface area (Å²) in [5.41, 5.74) is 1.48. The largest absolute Gasteiger partial charge is 0.492 e. The number of fused-ring (bicyclic) bond motifs is 1. The van der Waals surface area contributed by atoms with Crippen LogP contribution in [0.1, 0.15) is 6.92 Å². The molecule has 3 aromatic rings. The summed E-state index contributed by atoms with van der Waals surface area (Å²) in [5.74, 6) is 0.481. The molecule has 0 unspecified atom stereocenters. The van der Waals surface area contributed by atoms with Crippen molar-refractivity contribution in [2.75, 3.05) is 43.0 Å². The number of amides is 2. The van der Waals surface area contributed by atoms with Crippen LogP contribution >= 0.6 is 11.3 Å². The molecule has 1 aliphatic heterocycles. The average Bonchev–Trinajstić information content (AvgIpc) is 3.15. The number of thiazole rings is 1. The van der Waals surface area contributed by atoms with Crippen molar-refractivity contribution < 1.29 is 13.9 Å². The maximum Gasteiger partial charge on any atom is 0.321 e. The summed E-state index contributed by atoms with van der Waals surface area (Å²) >= 11 is 1.64. The molecule has 0 saturated carbocycles. The van der Waals surface area contributed by atoms with Crippen LogP contribution in [-0.4, -0.2) is 48.7 Å². The predicted molar refractivity (Wildman–Crippen MR) is 110 cm³/mol. The van der Waals surface area contributed by atoms with Gasteiger partial charge in [0.1, 0.15) is 17.1 Å². The first-order chi connectivity index (χ1) is 13.6. The lowest BCUT2D eigenvalue weighted by Gasteiger charge is -2.34. The fourth-order valence-electron chi connectivity index (χ4n) is 3.16. The third-order valence-corrected chi connectivity index (χ3v) is 5.68. The number of carbonyl (C=O) groups is 1. The first kappa shape index (κ1) is 18.5. The van der Waals surface area contributed by atoms with Crippen molar-refractivity contribution in [1.29, 1.82) is 0 Å². The Morgan fingerprint density at radius 3 is 2.64 bits per heavy atom. The number of aromatic nitrogens is 1. The highest BCUT2D eigenvalue weighted by Gasteiger charge is 2.23. The van der Waals surface area contributed by atoms with E-state index < -0.39 is 0 Å². The number of ether oxygens (including phenoxy) is 1. The number of urea groups is 1. The second kappa shape index (κ2) is 8.02. The first-order valence-corrected chi connectivity index (χ1v) is 10.0. The average molecular weight is 400 g/mol. The highest BCUT2D eigenvalue weighted by atomic mass is 32.1. The van der Waals surface area contributed by atoms with Crippen molar-refractivity contribution in [2.24, 2.45) is 0 Å². The normalized spacial score (nSPS) is 14.4. The standard InChI is InChI=1S/C20H21FN4O2S/c1-2-27-16-4-3-5-17-18(16)23-20(28-17)25-12-10-24(11-13-25)19(26)22-15-8-6-14(21)7-9-15/h3-9H,2,10-13H2,1H3,(H,22,26). The summed E-state index contributed by atoms with van der Waals surface area (Å²) in [6.45, 7) is 5.18. The molecule has 4 rings (SSSR count). The minimum absolute atomic E-state index is 0.172. The second-order valence-corrected chi connectivity index (χ2v) is 7.45. The number of benzene rings is 2. The summed E-state index contributed by atoms with van der Waals surface area (Å²) in [6.07, 6.45) is 0. The molecule has 2 heterocycles. The van der Waals surface area contributed by atoms with Gasteiger partial charge in [0.2, 0.25) is 0 Å². The zero-order valence-electron chi connectivity index (χ0n) is 15.5. The molecule has 0 bridgehead atoms. The van der Waals surface area contributed by atoms with E-state index in [1.54, 1.807) is 28.4 Å². The van der Waals surface area contributed by atoms with Crippen molar-refractivity contribution in [1.82, 2.24) is 9.88 Å². The van der Waals surface area contributed by atoms with Crippen LogP contribution in [0.25, 0.3) is 10.2 Å². The van der Waals surface area contributed by atoms with Crippen LogP contribution in [0.4, 0.5) is 20.0 Å². The molecule has 2 amide bonds. The highest BCUT2D eigenvalue weighted by Crippen LogP contribution is 2.34. The Bertz CT molecular complexity index is 968. The Morgan fingerprint density at radius 1 is 1.18 bits per heavy atom. The van der Waals surface area contributed by atoms with Gasteiger partial charge in [-0.05, 0) is 43.3 Å². The lowest BCUT2D eigenvalue weighted by atomic mass is 10.3. The van der Waals surface area contributed by atoms with Gasteiger partial charge in [0.05, 0.1) is 11.3 Å². The van der Waals surface area contributed by atoms with Crippen LogP contribution in [0.2, 0.25) is 0 Å². The molecule has 0 aliphatic carbocycles. The summed E-state index contributed by atoms with van der Waals surface area (Å²) < 4.78 is 19.8. The molecule has 0 atom stereocenters. The Morgan fingerprint density at radius 2 is 1.93 bits per heavy atom. The zero-order chi connectivity index (χ0) is 19.5. The molecule has 0 spiro atoms. The Labute approximate surface area is 166 Å². The Hall–Kier alpha value is -2.87. The van der Waals surface area contributed by atoms with Gasteiger partial charge in [0, 0.05) is 31.9 Å². The lowest BCUT2D eigenvalue weighted by molar-refractivity contribution is 0.208. The molecule has 1 saturated heterocycles. The van der Waals surface area contributed by atoms with Gasteiger partial charge in [-0.3, -0.25) is 0 Å². The minimum Gasteiger partial charge on any atom is -0.492 e. The van der Waals surface area contributed by atoms with Crippen molar-refractivity contribution in [2.45, 2.75) is 6.92 Å². The third kappa shape index (κ3) is 3.87. The fraction of sp³-hybridized carbons (Fsp3) is 0.300. The molecule has 6 nitrogen and oxygen atoms in total. The predicted octanol–water partition coefficient (Wildman–Crippen LogP) is 4.19. The molecule has 1 aliphatic rings. The maximum absolute atomic E-state index is 13.0. The molecule has 28 heavy (non-hydrogen) atoms. The third-order valence-electron chi connectivity index (χ3n) is 4.60.